The van der Waals surface area contributed by atoms with E-state index in [1.165, 1.54) is 0 Å². The molecule has 0 fully saturated rings. The fourth-order valence-electron chi connectivity index (χ4n) is 0.703. The minimum Gasteiger partial charge on any atom is -0.333 e. The molecule has 0 saturated carbocycles. The summed E-state index contributed by atoms with van der Waals surface area (Å²) in [5, 5.41) is 7.52. The molecule has 0 aromatic rings. The monoisotopic (exact) mass is 298 g/mol. The number of halogens is 11. The highest BCUT2D eigenvalue weighted by molar-refractivity contribution is 5.22. The molecule has 0 aliphatic heterocycles. The Morgan fingerprint density at radius 2 is 1.00 bits per heavy atom. The van der Waals surface area contributed by atoms with E-state index in [4.69, 9.17) is 5.11 Å². The maximum Gasteiger partial charge on any atom is 0.445 e. The Balaban J connectivity index is 6.13. The molecule has 0 bridgehead atoms. The zero-order valence-corrected chi connectivity index (χ0v) is 7.60. The van der Waals surface area contributed by atoms with Crippen LogP contribution >= 0.6 is 0 Å². The molecule has 1 nitrogen and oxygen atoms in total. The van der Waals surface area contributed by atoms with Crippen LogP contribution in [0.3, 0.4) is 0 Å². The van der Waals surface area contributed by atoms with Gasteiger partial charge in [-0.25, -0.2) is 8.78 Å². The fourth-order valence-corrected chi connectivity index (χ4v) is 0.703. The topological polar surface area (TPSA) is 20.2 Å². The summed E-state index contributed by atoms with van der Waals surface area (Å²) in [4.78, 5) is 0. The molecular weight excluding hydrogens is 297 g/mol. The van der Waals surface area contributed by atoms with Crippen molar-refractivity contribution in [1.82, 2.24) is 0 Å². The van der Waals surface area contributed by atoms with Crippen molar-refractivity contribution < 1.29 is 53.4 Å². The molecule has 0 aromatic heterocycles. The molecule has 1 unspecified atom stereocenters. The lowest BCUT2D eigenvalue weighted by molar-refractivity contribution is -0.360. The van der Waals surface area contributed by atoms with Crippen LogP contribution in [0.4, 0.5) is 48.3 Å². The van der Waals surface area contributed by atoms with E-state index in [-0.39, 0.29) is 0 Å². The van der Waals surface area contributed by atoms with Gasteiger partial charge in [0.15, 0.2) is 5.83 Å². The van der Waals surface area contributed by atoms with E-state index in [2.05, 4.69) is 0 Å². The van der Waals surface area contributed by atoms with E-state index in [9.17, 15) is 48.3 Å². The third-order valence-electron chi connectivity index (χ3n) is 1.55. The average Bonchev–Trinajstić information content (AvgIpc) is 2.08. The van der Waals surface area contributed by atoms with Crippen LogP contribution < -0.4 is 0 Å². The largest absolute Gasteiger partial charge is 0.445 e. The molecule has 1 atom stereocenters. The van der Waals surface area contributed by atoms with Crippen LogP contribution in [-0.4, -0.2) is 29.2 Å². The van der Waals surface area contributed by atoms with E-state index < -0.39 is 35.8 Å². The van der Waals surface area contributed by atoms with Crippen molar-refractivity contribution in [3.8, 4) is 0 Å². The van der Waals surface area contributed by atoms with Gasteiger partial charge in [0.05, 0.1) is 0 Å². The number of rotatable bonds is 2. The number of hydrogen-bond acceptors (Lipinski definition) is 1. The summed E-state index contributed by atoms with van der Waals surface area (Å²) in [7, 11) is 0. The van der Waals surface area contributed by atoms with Crippen molar-refractivity contribution in [3.63, 3.8) is 0 Å². The average molecular weight is 298 g/mol. The fraction of sp³-hybridized carbons (Fsp3) is 0.667. The summed E-state index contributed by atoms with van der Waals surface area (Å²) in [5.41, 5.74) is -6.85. The van der Waals surface area contributed by atoms with Gasteiger partial charge >= 0.3 is 24.1 Å². The van der Waals surface area contributed by atoms with Gasteiger partial charge in [0.1, 0.15) is 0 Å². The van der Waals surface area contributed by atoms with Crippen molar-refractivity contribution >= 4 is 0 Å². The lowest BCUT2D eigenvalue weighted by Gasteiger charge is -2.30. The van der Waals surface area contributed by atoms with Gasteiger partial charge in [-0.15, -0.1) is 0 Å². The predicted molar refractivity (Wildman–Crippen MR) is 32.4 cm³/mol. The van der Waals surface area contributed by atoms with E-state index in [1.807, 2.05) is 0 Å². The van der Waals surface area contributed by atoms with Crippen LogP contribution in [-0.2, 0) is 0 Å². The first kappa shape index (κ1) is 16.9. The molecule has 0 spiro atoms. The zero-order chi connectivity index (χ0) is 15.2. The van der Waals surface area contributed by atoms with Crippen molar-refractivity contribution in [2.45, 2.75) is 24.1 Å². The molecule has 0 saturated heterocycles. The normalized spacial score (nSPS) is 19.3. The van der Waals surface area contributed by atoms with Crippen LogP contribution in [0.15, 0.2) is 11.7 Å². The van der Waals surface area contributed by atoms with Gasteiger partial charge in [0.25, 0.3) is 0 Å². The Kier molecular flexibility index (Phi) is 3.99. The second-order valence-corrected chi connectivity index (χ2v) is 2.82. The molecule has 12 heteroatoms. The molecule has 0 radical (unpaired) electrons. The summed E-state index contributed by atoms with van der Waals surface area (Å²) in [6, 6.07) is 0. The number of allylic oxidation sites excluding steroid dienone is 1. The first-order valence-electron chi connectivity index (χ1n) is 3.55. The molecule has 0 aliphatic carbocycles. The van der Waals surface area contributed by atoms with E-state index >= 15 is 0 Å². The van der Waals surface area contributed by atoms with Crippen LogP contribution in [0, 0.1) is 0 Å². The van der Waals surface area contributed by atoms with Gasteiger partial charge in [-0.2, -0.15) is 39.5 Å². The summed E-state index contributed by atoms with van der Waals surface area (Å²) >= 11 is 0. The first-order chi connectivity index (χ1) is 7.57. The minimum atomic E-state index is -7.03. The quantitative estimate of drug-likeness (QED) is 0.773. The molecule has 0 heterocycles. The van der Waals surface area contributed by atoms with E-state index in [0.717, 1.165) is 0 Å². The summed E-state index contributed by atoms with van der Waals surface area (Å²) < 4.78 is 131. The van der Waals surface area contributed by atoms with Crippen LogP contribution in [0.1, 0.15) is 0 Å². The Hall–Kier alpha value is -1.07. The molecular formula is C6HF11O. The molecule has 18 heavy (non-hydrogen) atoms. The maximum absolute atomic E-state index is 12.7. The van der Waals surface area contributed by atoms with Crippen LogP contribution in [0.5, 0.6) is 0 Å². The SMILES string of the molecule is OC(F)(F)C(F)(C(F)=C(F)C(F)(F)F)C(F)(F)F. The minimum absolute atomic E-state index is 4.36. The Morgan fingerprint density at radius 3 is 1.17 bits per heavy atom. The molecule has 0 rings (SSSR count). The molecule has 108 valence electrons. The van der Waals surface area contributed by atoms with E-state index in [0.29, 0.717) is 0 Å². The number of hydrogen-bond donors (Lipinski definition) is 1. The lowest BCUT2D eigenvalue weighted by atomic mass is 10.0. The lowest BCUT2D eigenvalue weighted by Crippen LogP contribution is -2.56. The third kappa shape index (κ3) is 2.67. The second-order valence-electron chi connectivity index (χ2n) is 2.82. The van der Waals surface area contributed by atoms with Gasteiger partial charge in [0.2, 0.25) is 5.83 Å². The molecule has 0 amide bonds. The molecule has 0 aromatic carbocycles. The van der Waals surface area contributed by atoms with Gasteiger partial charge in [-0.05, 0) is 0 Å². The Labute approximate surface area is 90.5 Å². The van der Waals surface area contributed by atoms with Gasteiger partial charge in [-0.1, -0.05) is 0 Å². The summed E-state index contributed by atoms with van der Waals surface area (Å²) in [6.07, 6.45) is -20.2. The van der Waals surface area contributed by atoms with Gasteiger partial charge in [-0.3, -0.25) is 0 Å². The summed E-state index contributed by atoms with van der Waals surface area (Å²) in [5.74, 6) is -8.88. The van der Waals surface area contributed by atoms with Crippen molar-refractivity contribution in [3.05, 3.63) is 11.7 Å². The van der Waals surface area contributed by atoms with Crippen LogP contribution in [0.25, 0.3) is 0 Å². The van der Waals surface area contributed by atoms with Crippen LogP contribution in [0.2, 0.25) is 0 Å². The highest BCUT2D eigenvalue weighted by Gasteiger charge is 2.76. The summed E-state index contributed by atoms with van der Waals surface area (Å²) in [6.45, 7) is 0. The molecule has 1 N–H and O–H groups in total. The van der Waals surface area contributed by atoms with E-state index in [1.54, 1.807) is 0 Å². The predicted octanol–water partition coefficient (Wildman–Crippen LogP) is 3.55. The van der Waals surface area contributed by atoms with Gasteiger partial charge < -0.3 is 5.11 Å². The standard InChI is InChI=1S/C6HF11O/c7-1(2(8)4(10,11)12)3(9,5(13,14)15)6(16,17)18/h18H. The van der Waals surface area contributed by atoms with Crippen molar-refractivity contribution in [1.29, 1.82) is 0 Å². The number of alkyl halides is 9. The smallest absolute Gasteiger partial charge is 0.333 e. The Bertz CT molecular complexity index is 328. The zero-order valence-electron chi connectivity index (χ0n) is 7.60. The van der Waals surface area contributed by atoms with Crippen molar-refractivity contribution in [2.24, 2.45) is 0 Å². The van der Waals surface area contributed by atoms with Gasteiger partial charge in [0, 0.05) is 0 Å². The second kappa shape index (κ2) is 4.24. The Morgan fingerprint density at radius 1 is 0.667 bits per heavy atom. The first-order valence-corrected chi connectivity index (χ1v) is 3.55. The van der Waals surface area contributed by atoms with Crippen molar-refractivity contribution in [2.75, 3.05) is 0 Å². The maximum atomic E-state index is 12.7. The highest BCUT2D eigenvalue weighted by atomic mass is 19.4. The third-order valence-corrected chi connectivity index (χ3v) is 1.55. The highest BCUT2D eigenvalue weighted by Crippen LogP contribution is 2.51. The molecule has 0 aliphatic rings. The number of aliphatic hydroxyl groups is 1.